The standard InChI is InChI=1S/C13H26N2O3/c1-12(17)18-11-3-2-8-15(9-10-16)13-4-6-14-7-5-13/h13-14,16H,2-11H2,1H3. The molecule has 0 bridgehead atoms. The van der Waals surface area contributed by atoms with Crippen LogP contribution in [-0.4, -0.2) is 61.4 Å². The minimum atomic E-state index is -0.208. The van der Waals surface area contributed by atoms with Crippen molar-refractivity contribution in [2.75, 3.05) is 39.4 Å². The summed E-state index contributed by atoms with van der Waals surface area (Å²) in [6, 6.07) is 0.590. The highest BCUT2D eigenvalue weighted by atomic mass is 16.5. The molecule has 106 valence electrons. The highest BCUT2D eigenvalue weighted by Crippen LogP contribution is 2.12. The van der Waals surface area contributed by atoms with E-state index in [9.17, 15) is 4.79 Å². The highest BCUT2D eigenvalue weighted by Gasteiger charge is 2.19. The molecule has 1 heterocycles. The van der Waals surface area contributed by atoms with Gasteiger partial charge in [0.25, 0.3) is 0 Å². The van der Waals surface area contributed by atoms with Crippen molar-refractivity contribution in [2.24, 2.45) is 0 Å². The number of hydrogen-bond acceptors (Lipinski definition) is 5. The van der Waals surface area contributed by atoms with E-state index in [1.54, 1.807) is 0 Å². The van der Waals surface area contributed by atoms with Gasteiger partial charge in [-0.15, -0.1) is 0 Å². The predicted molar refractivity (Wildman–Crippen MR) is 70.4 cm³/mol. The maximum atomic E-state index is 10.6. The van der Waals surface area contributed by atoms with Gasteiger partial charge >= 0.3 is 5.97 Å². The molecule has 1 aliphatic rings. The fraction of sp³-hybridized carbons (Fsp3) is 0.923. The van der Waals surface area contributed by atoms with E-state index in [4.69, 9.17) is 9.84 Å². The van der Waals surface area contributed by atoms with Crippen LogP contribution >= 0.6 is 0 Å². The normalized spacial score (nSPS) is 17.1. The minimum Gasteiger partial charge on any atom is -0.466 e. The molecule has 5 nitrogen and oxygen atoms in total. The lowest BCUT2D eigenvalue weighted by atomic mass is 10.0. The van der Waals surface area contributed by atoms with E-state index in [-0.39, 0.29) is 12.6 Å². The maximum absolute atomic E-state index is 10.6. The number of hydrogen-bond donors (Lipinski definition) is 2. The van der Waals surface area contributed by atoms with Crippen LogP contribution in [0.5, 0.6) is 0 Å². The number of nitrogens with one attached hydrogen (secondary N) is 1. The zero-order valence-corrected chi connectivity index (χ0v) is 11.4. The highest BCUT2D eigenvalue weighted by molar-refractivity contribution is 5.65. The summed E-state index contributed by atoms with van der Waals surface area (Å²) in [5.41, 5.74) is 0. The number of carbonyl (C=O) groups excluding carboxylic acids is 1. The van der Waals surface area contributed by atoms with Gasteiger partial charge in [-0.3, -0.25) is 9.69 Å². The van der Waals surface area contributed by atoms with Crippen LogP contribution in [0.15, 0.2) is 0 Å². The van der Waals surface area contributed by atoms with Crippen molar-refractivity contribution in [3.05, 3.63) is 0 Å². The molecule has 5 heteroatoms. The number of esters is 1. The summed E-state index contributed by atoms with van der Waals surface area (Å²) < 4.78 is 4.91. The molecule has 0 saturated carbocycles. The van der Waals surface area contributed by atoms with E-state index in [0.717, 1.165) is 51.9 Å². The van der Waals surface area contributed by atoms with Gasteiger partial charge in [0.05, 0.1) is 13.2 Å². The summed E-state index contributed by atoms with van der Waals surface area (Å²) in [7, 11) is 0. The van der Waals surface area contributed by atoms with Crippen LogP contribution in [0.4, 0.5) is 0 Å². The second-order valence-corrected chi connectivity index (χ2v) is 4.79. The van der Waals surface area contributed by atoms with Crippen molar-refractivity contribution in [1.29, 1.82) is 0 Å². The monoisotopic (exact) mass is 258 g/mol. The number of piperidine rings is 1. The van der Waals surface area contributed by atoms with Crippen molar-refractivity contribution < 1.29 is 14.6 Å². The molecule has 1 saturated heterocycles. The molecule has 0 aliphatic carbocycles. The average molecular weight is 258 g/mol. The fourth-order valence-electron chi connectivity index (χ4n) is 2.41. The molecule has 18 heavy (non-hydrogen) atoms. The Morgan fingerprint density at radius 3 is 2.67 bits per heavy atom. The number of unbranched alkanes of at least 4 members (excludes halogenated alkanes) is 1. The molecule has 0 radical (unpaired) electrons. The molecule has 0 amide bonds. The van der Waals surface area contributed by atoms with Crippen LogP contribution in [0, 0.1) is 0 Å². The quantitative estimate of drug-likeness (QED) is 0.487. The van der Waals surface area contributed by atoms with Gasteiger partial charge in [0, 0.05) is 19.5 Å². The van der Waals surface area contributed by atoms with Crippen LogP contribution in [-0.2, 0) is 9.53 Å². The van der Waals surface area contributed by atoms with Crippen molar-refractivity contribution >= 4 is 5.97 Å². The summed E-state index contributed by atoms with van der Waals surface area (Å²) >= 11 is 0. The summed E-state index contributed by atoms with van der Waals surface area (Å²) in [6.45, 7) is 6.03. The summed E-state index contributed by atoms with van der Waals surface area (Å²) in [4.78, 5) is 13.0. The van der Waals surface area contributed by atoms with Gasteiger partial charge in [-0.2, -0.15) is 0 Å². The first-order valence-corrected chi connectivity index (χ1v) is 6.93. The second kappa shape index (κ2) is 9.30. The second-order valence-electron chi connectivity index (χ2n) is 4.79. The third kappa shape index (κ3) is 6.33. The van der Waals surface area contributed by atoms with Crippen molar-refractivity contribution in [2.45, 2.75) is 38.6 Å². The van der Waals surface area contributed by atoms with Gasteiger partial charge in [0.2, 0.25) is 0 Å². The Labute approximate surface area is 109 Å². The topological polar surface area (TPSA) is 61.8 Å². The zero-order valence-electron chi connectivity index (χ0n) is 11.4. The molecule has 1 rings (SSSR count). The first-order chi connectivity index (χ1) is 8.74. The van der Waals surface area contributed by atoms with E-state index >= 15 is 0 Å². The van der Waals surface area contributed by atoms with Crippen LogP contribution in [0.2, 0.25) is 0 Å². The van der Waals surface area contributed by atoms with E-state index in [1.807, 2.05) is 0 Å². The molecule has 1 fully saturated rings. The van der Waals surface area contributed by atoms with Gasteiger partial charge in [0.1, 0.15) is 0 Å². The van der Waals surface area contributed by atoms with E-state index in [2.05, 4.69) is 10.2 Å². The predicted octanol–water partition coefficient (Wildman–Crippen LogP) is 0.376. The van der Waals surface area contributed by atoms with Gasteiger partial charge in [0.15, 0.2) is 0 Å². The minimum absolute atomic E-state index is 0.208. The van der Waals surface area contributed by atoms with E-state index in [0.29, 0.717) is 12.6 Å². The molecule has 0 spiro atoms. The van der Waals surface area contributed by atoms with Crippen LogP contribution in [0.25, 0.3) is 0 Å². The number of rotatable bonds is 8. The zero-order chi connectivity index (χ0) is 13.2. The lowest BCUT2D eigenvalue weighted by Crippen LogP contribution is -2.44. The van der Waals surface area contributed by atoms with Crippen LogP contribution in [0.3, 0.4) is 0 Å². The third-order valence-corrected chi connectivity index (χ3v) is 3.36. The summed E-state index contributed by atoms with van der Waals surface area (Å²) in [5, 5.41) is 12.5. The molecule has 0 atom stereocenters. The number of carbonyl (C=O) groups is 1. The van der Waals surface area contributed by atoms with Gasteiger partial charge in [-0.25, -0.2) is 0 Å². The van der Waals surface area contributed by atoms with Crippen LogP contribution < -0.4 is 5.32 Å². The van der Waals surface area contributed by atoms with E-state index in [1.165, 1.54) is 6.92 Å². The Morgan fingerprint density at radius 2 is 2.06 bits per heavy atom. The molecule has 2 N–H and O–H groups in total. The number of nitrogens with zero attached hydrogens (tertiary/aromatic N) is 1. The van der Waals surface area contributed by atoms with E-state index < -0.39 is 0 Å². The lowest BCUT2D eigenvalue weighted by Gasteiger charge is -2.34. The largest absolute Gasteiger partial charge is 0.466 e. The Bertz CT molecular complexity index is 230. The molecule has 1 aliphatic heterocycles. The number of aliphatic hydroxyl groups is 1. The Hall–Kier alpha value is -0.650. The SMILES string of the molecule is CC(=O)OCCCCN(CCO)C1CCNCC1. The molecule has 0 aromatic carbocycles. The summed E-state index contributed by atoms with van der Waals surface area (Å²) in [6.07, 6.45) is 4.22. The third-order valence-electron chi connectivity index (χ3n) is 3.36. The Morgan fingerprint density at radius 1 is 1.33 bits per heavy atom. The van der Waals surface area contributed by atoms with Crippen molar-refractivity contribution in [3.63, 3.8) is 0 Å². The first kappa shape index (κ1) is 15.4. The lowest BCUT2D eigenvalue weighted by molar-refractivity contribution is -0.141. The number of aliphatic hydroxyl groups excluding tert-OH is 1. The molecule has 0 unspecified atom stereocenters. The first-order valence-electron chi connectivity index (χ1n) is 6.93. The van der Waals surface area contributed by atoms with Gasteiger partial charge in [-0.1, -0.05) is 0 Å². The van der Waals surface area contributed by atoms with Gasteiger partial charge in [-0.05, 0) is 45.3 Å². The van der Waals surface area contributed by atoms with Crippen molar-refractivity contribution in [1.82, 2.24) is 10.2 Å². The molecular weight excluding hydrogens is 232 g/mol. The van der Waals surface area contributed by atoms with Gasteiger partial charge < -0.3 is 15.2 Å². The molecule has 0 aromatic rings. The van der Waals surface area contributed by atoms with Crippen LogP contribution in [0.1, 0.15) is 32.6 Å². The summed E-state index contributed by atoms with van der Waals surface area (Å²) in [5.74, 6) is -0.208. The molecule has 0 aromatic heterocycles. The maximum Gasteiger partial charge on any atom is 0.302 e. The average Bonchev–Trinajstić information content (AvgIpc) is 2.38. The fourth-order valence-corrected chi connectivity index (χ4v) is 2.41. The Kier molecular flexibility index (Phi) is 7.96. The van der Waals surface area contributed by atoms with Crippen molar-refractivity contribution in [3.8, 4) is 0 Å². The molecular formula is C13H26N2O3. The number of ether oxygens (including phenoxy) is 1. The Balaban J connectivity index is 2.18. The smallest absolute Gasteiger partial charge is 0.302 e.